The van der Waals surface area contributed by atoms with Gasteiger partial charge in [0.2, 0.25) is 5.91 Å². The monoisotopic (exact) mass is 470 g/mol. The molecular weight excluding hydrogens is 448 g/mol. The third-order valence-electron chi connectivity index (χ3n) is 4.40. The van der Waals surface area contributed by atoms with Gasteiger partial charge in [-0.2, -0.15) is 0 Å². The largest absolute Gasteiger partial charge is 0.325 e. The van der Waals surface area contributed by atoms with Crippen LogP contribution in [0.25, 0.3) is 0 Å². The molecule has 1 N–H and O–H groups in total. The Morgan fingerprint density at radius 2 is 1.90 bits per heavy atom. The summed E-state index contributed by atoms with van der Waals surface area (Å²) in [6, 6.07) is 14.1. The molecule has 2 aromatic carbocycles. The van der Waals surface area contributed by atoms with Crippen LogP contribution >= 0.6 is 27.7 Å². The number of amides is 1. The standard InChI is InChI=1S/C22H23BrN4OS/c1-4-10-27-19(13-17-8-6-5-7-9-17)25-26-22(27)29-14-20(28)24-21-15(2)11-18(23)12-16(21)3/h4-9,11-12H,1,10,13-14H2,2-3H3,(H,24,28). The second kappa shape index (κ2) is 9.89. The normalized spacial score (nSPS) is 10.7. The number of nitrogens with zero attached hydrogens (tertiary/aromatic N) is 3. The summed E-state index contributed by atoms with van der Waals surface area (Å²) in [5.41, 5.74) is 4.07. The molecule has 0 spiro atoms. The second-order valence-electron chi connectivity index (χ2n) is 6.71. The third kappa shape index (κ3) is 5.58. The lowest BCUT2D eigenvalue weighted by atomic mass is 10.1. The summed E-state index contributed by atoms with van der Waals surface area (Å²) in [4.78, 5) is 12.5. The molecule has 1 heterocycles. The molecule has 1 aromatic heterocycles. The number of carbonyl (C=O) groups is 1. The van der Waals surface area contributed by atoms with Crippen LogP contribution in [0.1, 0.15) is 22.5 Å². The van der Waals surface area contributed by atoms with E-state index in [1.54, 1.807) is 0 Å². The predicted molar refractivity (Wildman–Crippen MR) is 122 cm³/mol. The van der Waals surface area contributed by atoms with Crippen LogP contribution in [0.3, 0.4) is 0 Å². The van der Waals surface area contributed by atoms with Crippen molar-refractivity contribution in [1.29, 1.82) is 0 Å². The Morgan fingerprint density at radius 1 is 1.21 bits per heavy atom. The molecule has 7 heteroatoms. The van der Waals surface area contributed by atoms with Crippen molar-refractivity contribution >= 4 is 39.3 Å². The molecule has 0 atom stereocenters. The highest BCUT2D eigenvalue weighted by atomic mass is 79.9. The molecule has 3 rings (SSSR count). The molecule has 0 aliphatic heterocycles. The zero-order chi connectivity index (χ0) is 20.8. The first-order chi connectivity index (χ1) is 14.0. The first-order valence-electron chi connectivity index (χ1n) is 9.24. The van der Waals surface area contributed by atoms with E-state index < -0.39 is 0 Å². The number of hydrogen-bond donors (Lipinski definition) is 1. The molecule has 0 aliphatic rings. The van der Waals surface area contributed by atoms with Gasteiger partial charge in [-0.1, -0.05) is 64.1 Å². The average molecular weight is 471 g/mol. The van der Waals surface area contributed by atoms with Gasteiger partial charge in [-0.25, -0.2) is 0 Å². The van der Waals surface area contributed by atoms with Gasteiger partial charge >= 0.3 is 0 Å². The number of aromatic nitrogens is 3. The van der Waals surface area contributed by atoms with E-state index in [-0.39, 0.29) is 11.7 Å². The van der Waals surface area contributed by atoms with Gasteiger partial charge in [0.25, 0.3) is 0 Å². The molecule has 0 saturated heterocycles. The molecule has 0 radical (unpaired) electrons. The van der Waals surface area contributed by atoms with Crippen molar-refractivity contribution < 1.29 is 4.79 Å². The Kier molecular flexibility index (Phi) is 7.28. The van der Waals surface area contributed by atoms with Crippen LogP contribution in [0.4, 0.5) is 5.69 Å². The molecule has 150 valence electrons. The molecule has 0 saturated carbocycles. The summed E-state index contributed by atoms with van der Waals surface area (Å²) in [7, 11) is 0. The number of halogens is 1. The maximum atomic E-state index is 12.5. The highest BCUT2D eigenvalue weighted by Crippen LogP contribution is 2.26. The number of aryl methyl sites for hydroxylation is 2. The molecule has 0 aliphatic carbocycles. The Bertz CT molecular complexity index is 994. The van der Waals surface area contributed by atoms with E-state index in [2.05, 4.69) is 50.2 Å². The number of anilines is 1. The van der Waals surface area contributed by atoms with Gasteiger partial charge in [0.15, 0.2) is 5.16 Å². The molecule has 0 unspecified atom stereocenters. The summed E-state index contributed by atoms with van der Waals surface area (Å²) in [6.45, 7) is 8.40. The van der Waals surface area contributed by atoms with Gasteiger partial charge in [0, 0.05) is 23.1 Å². The number of nitrogens with one attached hydrogen (secondary N) is 1. The van der Waals surface area contributed by atoms with Gasteiger partial charge < -0.3 is 9.88 Å². The van der Waals surface area contributed by atoms with E-state index in [1.165, 1.54) is 17.3 Å². The first kappa shape index (κ1) is 21.3. The lowest BCUT2D eigenvalue weighted by molar-refractivity contribution is -0.113. The second-order valence-corrected chi connectivity index (χ2v) is 8.57. The molecular formula is C22H23BrN4OS. The predicted octanol–water partition coefficient (Wildman–Crippen LogP) is 5.17. The van der Waals surface area contributed by atoms with E-state index in [0.29, 0.717) is 13.0 Å². The summed E-state index contributed by atoms with van der Waals surface area (Å²) in [5.74, 6) is 1.05. The minimum Gasteiger partial charge on any atom is -0.325 e. The van der Waals surface area contributed by atoms with Gasteiger partial charge in [-0.05, 0) is 42.7 Å². The van der Waals surface area contributed by atoms with E-state index in [0.717, 1.165) is 32.3 Å². The Labute approximate surface area is 183 Å². The number of hydrogen-bond acceptors (Lipinski definition) is 4. The molecule has 3 aromatic rings. The zero-order valence-corrected chi connectivity index (χ0v) is 18.9. The van der Waals surface area contributed by atoms with Crippen molar-refractivity contribution in [3.05, 3.63) is 82.1 Å². The fraction of sp³-hybridized carbons (Fsp3) is 0.227. The number of carbonyl (C=O) groups excluding carboxylic acids is 1. The van der Waals surface area contributed by atoms with Crippen molar-refractivity contribution in [1.82, 2.24) is 14.8 Å². The fourth-order valence-corrected chi connectivity index (χ4v) is 4.51. The van der Waals surface area contributed by atoms with Crippen LogP contribution in [-0.4, -0.2) is 26.4 Å². The summed E-state index contributed by atoms with van der Waals surface area (Å²) < 4.78 is 3.01. The van der Waals surface area contributed by atoms with Gasteiger partial charge in [-0.15, -0.1) is 16.8 Å². The summed E-state index contributed by atoms with van der Waals surface area (Å²) in [5, 5.41) is 12.4. The van der Waals surface area contributed by atoms with Gasteiger partial charge in [0.05, 0.1) is 5.75 Å². The van der Waals surface area contributed by atoms with Crippen LogP contribution in [0, 0.1) is 13.8 Å². The number of benzene rings is 2. The Hall–Kier alpha value is -2.38. The fourth-order valence-electron chi connectivity index (χ4n) is 3.06. The van der Waals surface area contributed by atoms with Crippen molar-refractivity contribution in [3.63, 3.8) is 0 Å². The molecule has 0 fully saturated rings. The maximum Gasteiger partial charge on any atom is 0.234 e. The number of allylic oxidation sites excluding steroid dienone is 1. The lowest BCUT2D eigenvalue weighted by Gasteiger charge is -2.12. The quantitative estimate of drug-likeness (QED) is 0.364. The minimum absolute atomic E-state index is 0.0683. The van der Waals surface area contributed by atoms with Crippen molar-refractivity contribution in [2.24, 2.45) is 0 Å². The number of thioether (sulfide) groups is 1. The van der Waals surface area contributed by atoms with Crippen molar-refractivity contribution in [3.8, 4) is 0 Å². The molecule has 5 nitrogen and oxygen atoms in total. The Morgan fingerprint density at radius 3 is 2.55 bits per heavy atom. The van der Waals surface area contributed by atoms with Crippen LogP contribution < -0.4 is 5.32 Å². The highest BCUT2D eigenvalue weighted by molar-refractivity contribution is 9.10. The molecule has 29 heavy (non-hydrogen) atoms. The van der Waals surface area contributed by atoms with E-state index in [4.69, 9.17) is 0 Å². The van der Waals surface area contributed by atoms with Crippen LogP contribution in [0.15, 0.2) is 64.7 Å². The van der Waals surface area contributed by atoms with Crippen LogP contribution in [0.2, 0.25) is 0 Å². The third-order valence-corrected chi connectivity index (χ3v) is 5.83. The average Bonchev–Trinajstić information content (AvgIpc) is 3.05. The SMILES string of the molecule is C=CCn1c(Cc2ccccc2)nnc1SCC(=O)Nc1c(C)cc(Br)cc1C. The minimum atomic E-state index is -0.0683. The number of rotatable bonds is 8. The van der Waals surface area contributed by atoms with E-state index in [9.17, 15) is 4.79 Å². The topological polar surface area (TPSA) is 59.8 Å². The van der Waals surface area contributed by atoms with E-state index >= 15 is 0 Å². The summed E-state index contributed by atoms with van der Waals surface area (Å²) in [6.07, 6.45) is 2.50. The maximum absolute atomic E-state index is 12.5. The molecule has 0 bridgehead atoms. The van der Waals surface area contributed by atoms with Crippen LogP contribution in [0.5, 0.6) is 0 Å². The van der Waals surface area contributed by atoms with Crippen molar-refractivity contribution in [2.45, 2.75) is 32.0 Å². The van der Waals surface area contributed by atoms with Gasteiger partial charge in [0.1, 0.15) is 5.82 Å². The lowest BCUT2D eigenvalue weighted by Crippen LogP contribution is -2.16. The van der Waals surface area contributed by atoms with E-state index in [1.807, 2.05) is 54.8 Å². The first-order valence-corrected chi connectivity index (χ1v) is 11.0. The van der Waals surface area contributed by atoms with Crippen molar-refractivity contribution in [2.75, 3.05) is 11.1 Å². The Balaban J connectivity index is 1.68. The van der Waals surface area contributed by atoms with Crippen LogP contribution in [-0.2, 0) is 17.8 Å². The summed E-state index contributed by atoms with van der Waals surface area (Å²) >= 11 is 4.86. The highest BCUT2D eigenvalue weighted by Gasteiger charge is 2.15. The van der Waals surface area contributed by atoms with Gasteiger partial charge in [-0.3, -0.25) is 4.79 Å². The zero-order valence-electron chi connectivity index (χ0n) is 16.5. The molecule has 1 amide bonds. The smallest absolute Gasteiger partial charge is 0.234 e.